The predicted octanol–water partition coefficient (Wildman–Crippen LogP) is 4.99. The third-order valence-electron chi connectivity index (χ3n) is 4.67. The molecule has 3 amide bonds. The molecule has 1 heterocycles. The van der Waals surface area contributed by atoms with Crippen LogP contribution in [0.2, 0.25) is 0 Å². The summed E-state index contributed by atoms with van der Waals surface area (Å²) in [5, 5.41) is 2.28. The number of thioether (sulfide) groups is 1. The van der Waals surface area contributed by atoms with Crippen LogP contribution in [-0.2, 0) is 9.59 Å². The van der Waals surface area contributed by atoms with Crippen molar-refractivity contribution in [2.75, 3.05) is 25.6 Å². The Morgan fingerprint density at radius 1 is 1.22 bits per heavy atom. The van der Waals surface area contributed by atoms with Gasteiger partial charge in [0.05, 0.1) is 22.2 Å². The lowest BCUT2D eigenvalue weighted by molar-refractivity contribution is -0.127. The number of benzene rings is 2. The standard InChI is InChI=1S/C23H23IN2O5S/c1-5-31-21-16(24)9-15(10-18(21)30-4)11-19-22(28)26(23(29)32-19)12-20(27)25-17-7-6-13(2)8-14(17)3/h6-11H,5,12H2,1-4H3,(H,25,27)/b19-11+. The largest absolute Gasteiger partial charge is 0.493 e. The van der Waals surface area contributed by atoms with Gasteiger partial charge in [0, 0.05) is 5.69 Å². The number of anilines is 1. The van der Waals surface area contributed by atoms with Crippen LogP contribution < -0.4 is 14.8 Å². The number of hydrogen-bond donors (Lipinski definition) is 1. The third-order valence-corrected chi connectivity index (χ3v) is 6.38. The number of nitrogens with one attached hydrogen (secondary N) is 1. The van der Waals surface area contributed by atoms with E-state index in [1.165, 1.54) is 0 Å². The van der Waals surface area contributed by atoms with Gasteiger partial charge in [-0.25, -0.2) is 0 Å². The van der Waals surface area contributed by atoms with E-state index in [1.54, 1.807) is 25.3 Å². The number of hydrogen-bond acceptors (Lipinski definition) is 6. The maximum absolute atomic E-state index is 12.8. The van der Waals surface area contributed by atoms with Crippen LogP contribution in [0.15, 0.2) is 35.2 Å². The summed E-state index contributed by atoms with van der Waals surface area (Å²) in [5.41, 5.74) is 3.34. The highest BCUT2D eigenvalue weighted by Gasteiger charge is 2.36. The number of ether oxygens (including phenoxy) is 2. The van der Waals surface area contributed by atoms with Crippen LogP contribution in [0.4, 0.5) is 10.5 Å². The molecule has 7 nitrogen and oxygen atoms in total. The maximum atomic E-state index is 12.8. The minimum atomic E-state index is -0.501. The van der Waals surface area contributed by atoms with Crippen LogP contribution in [0.25, 0.3) is 6.08 Å². The smallest absolute Gasteiger partial charge is 0.294 e. The highest BCUT2D eigenvalue weighted by molar-refractivity contribution is 14.1. The average molecular weight is 566 g/mol. The van der Waals surface area contributed by atoms with Gasteiger partial charge in [-0.3, -0.25) is 19.3 Å². The maximum Gasteiger partial charge on any atom is 0.294 e. The van der Waals surface area contributed by atoms with Gasteiger partial charge in [-0.15, -0.1) is 0 Å². The van der Waals surface area contributed by atoms with Crippen molar-refractivity contribution in [2.45, 2.75) is 20.8 Å². The molecule has 0 unspecified atom stereocenters. The van der Waals surface area contributed by atoms with Gasteiger partial charge in [-0.2, -0.15) is 0 Å². The van der Waals surface area contributed by atoms with Crippen molar-refractivity contribution in [1.29, 1.82) is 0 Å². The fraction of sp³-hybridized carbons (Fsp3) is 0.261. The van der Waals surface area contributed by atoms with E-state index in [4.69, 9.17) is 9.47 Å². The lowest BCUT2D eigenvalue weighted by Gasteiger charge is -2.14. The first-order valence-corrected chi connectivity index (χ1v) is 11.8. The number of carbonyl (C=O) groups is 3. The van der Waals surface area contributed by atoms with Crippen LogP contribution in [0.5, 0.6) is 11.5 Å². The Morgan fingerprint density at radius 2 is 1.97 bits per heavy atom. The highest BCUT2D eigenvalue weighted by Crippen LogP contribution is 2.37. The van der Waals surface area contributed by atoms with Gasteiger partial charge >= 0.3 is 0 Å². The van der Waals surface area contributed by atoms with Gasteiger partial charge in [0.1, 0.15) is 6.54 Å². The zero-order valence-corrected chi connectivity index (χ0v) is 21.1. The molecule has 1 N–H and O–H groups in total. The molecule has 1 aliphatic rings. The lowest BCUT2D eigenvalue weighted by atomic mass is 10.1. The molecule has 168 valence electrons. The Kier molecular flexibility index (Phi) is 7.83. The molecule has 1 saturated heterocycles. The molecular weight excluding hydrogens is 543 g/mol. The van der Waals surface area contributed by atoms with Crippen molar-refractivity contribution in [3.63, 3.8) is 0 Å². The Bertz CT molecular complexity index is 1120. The number of amides is 3. The van der Waals surface area contributed by atoms with Crippen LogP contribution in [-0.4, -0.2) is 42.2 Å². The van der Waals surface area contributed by atoms with Gasteiger partial charge in [0.15, 0.2) is 11.5 Å². The SMILES string of the molecule is CCOc1c(I)cc(/C=C2/SC(=O)N(CC(=O)Nc3ccc(C)cc3C)C2=O)cc1OC. The zero-order valence-electron chi connectivity index (χ0n) is 18.2. The number of carbonyl (C=O) groups excluding carboxylic acids is 3. The van der Waals surface area contributed by atoms with Gasteiger partial charge in [-0.05, 0) is 90.5 Å². The first kappa shape index (κ1) is 24.1. The molecule has 1 aliphatic heterocycles. The van der Waals surface area contributed by atoms with Crippen LogP contribution in [0.3, 0.4) is 0 Å². The van der Waals surface area contributed by atoms with Crippen molar-refractivity contribution in [1.82, 2.24) is 4.90 Å². The molecule has 0 spiro atoms. The molecule has 3 rings (SSSR count). The minimum Gasteiger partial charge on any atom is -0.493 e. The first-order valence-electron chi connectivity index (χ1n) is 9.86. The summed E-state index contributed by atoms with van der Waals surface area (Å²) in [4.78, 5) is 38.9. The minimum absolute atomic E-state index is 0.247. The summed E-state index contributed by atoms with van der Waals surface area (Å²) >= 11 is 2.94. The van der Waals surface area contributed by atoms with Crippen LogP contribution in [0.1, 0.15) is 23.6 Å². The molecule has 32 heavy (non-hydrogen) atoms. The second-order valence-corrected chi connectivity index (χ2v) is 9.26. The Labute approximate surface area is 204 Å². The number of halogens is 1. The Morgan fingerprint density at radius 3 is 2.62 bits per heavy atom. The van der Waals surface area contributed by atoms with Crippen LogP contribution in [0, 0.1) is 17.4 Å². The monoisotopic (exact) mass is 566 g/mol. The number of imide groups is 1. The van der Waals surface area contributed by atoms with Gasteiger partial charge < -0.3 is 14.8 Å². The molecule has 2 aromatic carbocycles. The molecule has 2 aromatic rings. The second kappa shape index (κ2) is 10.4. The molecule has 0 aliphatic carbocycles. The van der Waals surface area contributed by atoms with E-state index < -0.39 is 17.1 Å². The Balaban J connectivity index is 1.76. The van der Waals surface area contributed by atoms with E-state index in [9.17, 15) is 14.4 Å². The van der Waals surface area contributed by atoms with Crippen molar-refractivity contribution in [3.8, 4) is 11.5 Å². The topological polar surface area (TPSA) is 84.9 Å². The van der Waals surface area contributed by atoms with E-state index >= 15 is 0 Å². The van der Waals surface area contributed by atoms with Crippen molar-refractivity contribution in [2.24, 2.45) is 0 Å². The number of rotatable bonds is 7. The summed E-state index contributed by atoms with van der Waals surface area (Å²) < 4.78 is 11.8. The first-order chi connectivity index (χ1) is 15.2. The van der Waals surface area contributed by atoms with E-state index in [2.05, 4.69) is 27.9 Å². The Hall–Kier alpha value is -2.53. The molecule has 0 aromatic heterocycles. The predicted molar refractivity (Wildman–Crippen MR) is 134 cm³/mol. The molecule has 0 radical (unpaired) electrons. The van der Waals surface area contributed by atoms with E-state index in [0.717, 1.165) is 31.4 Å². The van der Waals surface area contributed by atoms with Gasteiger partial charge in [-0.1, -0.05) is 17.7 Å². The third kappa shape index (κ3) is 5.44. The summed E-state index contributed by atoms with van der Waals surface area (Å²) in [6.45, 7) is 5.88. The molecule has 0 atom stereocenters. The highest BCUT2D eigenvalue weighted by atomic mass is 127. The van der Waals surface area contributed by atoms with Gasteiger partial charge in [0.25, 0.3) is 11.1 Å². The second-order valence-electron chi connectivity index (χ2n) is 7.10. The number of aryl methyl sites for hydroxylation is 2. The average Bonchev–Trinajstić information content (AvgIpc) is 2.99. The summed E-state index contributed by atoms with van der Waals surface area (Å²) in [7, 11) is 1.54. The zero-order chi connectivity index (χ0) is 23.4. The van der Waals surface area contributed by atoms with E-state index in [-0.39, 0.29) is 11.4 Å². The van der Waals surface area contributed by atoms with Crippen molar-refractivity contribution in [3.05, 3.63) is 55.5 Å². The fourth-order valence-corrected chi connectivity index (χ4v) is 4.80. The molecule has 1 fully saturated rings. The van der Waals surface area contributed by atoms with Crippen molar-refractivity contribution < 1.29 is 23.9 Å². The number of methoxy groups -OCH3 is 1. The van der Waals surface area contributed by atoms with E-state index in [1.807, 2.05) is 39.0 Å². The lowest BCUT2D eigenvalue weighted by Crippen LogP contribution is -2.36. The van der Waals surface area contributed by atoms with Gasteiger partial charge in [0.2, 0.25) is 5.91 Å². The molecule has 9 heteroatoms. The normalized spacial score (nSPS) is 14.8. The van der Waals surface area contributed by atoms with E-state index in [0.29, 0.717) is 29.4 Å². The summed E-state index contributed by atoms with van der Waals surface area (Å²) in [6, 6.07) is 9.23. The van der Waals surface area contributed by atoms with Crippen LogP contribution >= 0.6 is 34.4 Å². The van der Waals surface area contributed by atoms with Crippen molar-refractivity contribution >= 4 is 63.2 Å². The molecule has 0 bridgehead atoms. The molecular formula is C23H23IN2O5S. The molecule has 0 saturated carbocycles. The fourth-order valence-electron chi connectivity index (χ4n) is 3.18. The quantitative estimate of drug-likeness (QED) is 0.376. The summed E-state index contributed by atoms with van der Waals surface area (Å²) in [6.07, 6.45) is 1.62. The summed E-state index contributed by atoms with van der Waals surface area (Å²) in [5.74, 6) is 0.234. The number of nitrogens with zero attached hydrogens (tertiary/aromatic N) is 1.